The smallest absolute Gasteiger partial charge is 0.0107 e. The topological polar surface area (TPSA) is 26.0 Å². The molecule has 0 amide bonds. The second-order valence-corrected chi connectivity index (χ2v) is 5.22. The summed E-state index contributed by atoms with van der Waals surface area (Å²) in [5.41, 5.74) is 8.72. The van der Waals surface area contributed by atoms with Gasteiger partial charge in [0, 0.05) is 12.0 Å². The minimum atomic E-state index is 0.0482. The first kappa shape index (κ1) is 14.5. The maximum Gasteiger partial charge on any atom is 0.0107 e. The molecule has 0 aromatic heterocycles. The molecule has 0 spiro atoms. The Kier molecular flexibility index (Phi) is 5.14. The molecule has 0 saturated heterocycles. The summed E-state index contributed by atoms with van der Waals surface area (Å²) < 4.78 is 0. The SMILES string of the molecule is CCC(CN)(C/C=C\c1ccccc1)c1ccccc1. The lowest BCUT2D eigenvalue weighted by atomic mass is 9.75. The molecule has 104 valence electrons. The predicted octanol–water partition coefficient (Wildman–Crippen LogP) is 4.40. The summed E-state index contributed by atoms with van der Waals surface area (Å²) in [7, 11) is 0. The van der Waals surface area contributed by atoms with Gasteiger partial charge in [0.25, 0.3) is 0 Å². The normalized spacial score (nSPS) is 14.3. The Labute approximate surface area is 122 Å². The molecule has 0 aliphatic rings. The molecule has 0 radical (unpaired) electrons. The van der Waals surface area contributed by atoms with Gasteiger partial charge in [-0.2, -0.15) is 0 Å². The molecule has 0 bridgehead atoms. The van der Waals surface area contributed by atoms with Crippen molar-refractivity contribution in [2.45, 2.75) is 25.2 Å². The lowest BCUT2D eigenvalue weighted by Crippen LogP contribution is -2.34. The fraction of sp³-hybridized carbons (Fsp3) is 0.263. The van der Waals surface area contributed by atoms with E-state index in [1.165, 1.54) is 11.1 Å². The van der Waals surface area contributed by atoms with Gasteiger partial charge in [-0.1, -0.05) is 79.7 Å². The molecule has 20 heavy (non-hydrogen) atoms. The molecule has 0 aliphatic carbocycles. The number of benzene rings is 2. The summed E-state index contributed by atoms with van der Waals surface area (Å²) in [4.78, 5) is 0. The first-order chi connectivity index (χ1) is 9.80. The second-order valence-electron chi connectivity index (χ2n) is 5.22. The molecule has 2 aromatic rings. The van der Waals surface area contributed by atoms with Gasteiger partial charge < -0.3 is 5.73 Å². The van der Waals surface area contributed by atoms with Crippen LogP contribution in [0.2, 0.25) is 0 Å². The third-order valence-corrected chi connectivity index (χ3v) is 4.07. The number of rotatable bonds is 6. The van der Waals surface area contributed by atoms with E-state index in [-0.39, 0.29) is 5.41 Å². The van der Waals surface area contributed by atoms with Crippen LogP contribution >= 0.6 is 0 Å². The van der Waals surface area contributed by atoms with E-state index in [0.717, 1.165) is 12.8 Å². The third kappa shape index (κ3) is 3.37. The Bertz CT molecular complexity index is 524. The molecule has 0 fully saturated rings. The van der Waals surface area contributed by atoms with Crippen molar-refractivity contribution in [2.75, 3.05) is 6.54 Å². The average Bonchev–Trinajstić information content (AvgIpc) is 2.54. The molecular formula is C19H23N. The highest BCUT2D eigenvalue weighted by atomic mass is 14.6. The van der Waals surface area contributed by atoms with E-state index in [9.17, 15) is 0 Å². The largest absolute Gasteiger partial charge is 0.330 e. The fourth-order valence-corrected chi connectivity index (χ4v) is 2.59. The van der Waals surface area contributed by atoms with Gasteiger partial charge in [-0.25, -0.2) is 0 Å². The summed E-state index contributed by atoms with van der Waals surface area (Å²) in [6.07, 6.45) is 6.45. The van der Waals surface area contributed by atoms with Crippen molar-refractivity contribution in [1.29, 1.82) is 0 Å². The van der Waals surface area contributed by atoms with Crippen molar-refractivity contribution in [3.8, 4) is 0 Å². The molecule has 0 saturated carbocycles. The van der Waals surface area contributed by atoms with Gasteiger partial charge in [0.1, 0.15) is 0 Å². The van der Waals surface area contributed by atoms with Gasteiger partial charge in [-0.05, 0) is 24.0 Å². The zero-order chi connectivity index (χ0) is 14.3. The number of hydrogen-bond acceptors (Lipinski definition) is 1. The van der Waals surface area contributed by atoms with Crippen molar-refractivity contribution >= 4 is 6.08 Å². The monoisotopic (exact) mass is 265 g/mol. The summed E-state index contributed by atoms with van der Waals surface area (Å²) in [6, 6.07) is 21.0. The maximum absolute atomic E-state index is 6.10. The molecule has 1 heteroatoms. The second kappa shape index (κ2) is 7.06. The van der Waals surface area contributed by atoms with E-state index in [2.05, 4.69) is 73.7 Å². The Morgan fingerprint density at radius 1 is 0.950 bits per heavy atom. The quantitative estimate of drug-likeness (QED) is 0.823. The van der Waals surface area contributed by atoms with E-state index in [0.29, 0.717) is 6.54 Å². The minimum Gasteiger partial charge on any atom is -0.330 e. The zero-order valence-corrected chi connectivity index (χ0v) is 12.1. The molecule has 0 aliphatic heterocycles. The van der Waals surface area contributed by atoms with Gasteiger partial charge in [-0.3, -0.25) is 0 Å². The van der Waals surface area contributed by atoms with Crippen LogP contribution in [0.5, 0.6) is 0 Å². The highest BCUT2D eigenvalue weighted by Gasteiger charge is 2.27. The first-order valence-corrected chi connectivity index (χ1v) is 7.28. The minimum absolute atomic E-state index is 0.0482. The first-order valence-electron chi connectivity index (χ1n) is 7.28. The van der Waals surface area contributed by atoms with Crippen LogP contribution in [0.25, 0.3) is 6.08 Å². The number of allylic oxidation sites excluding steroid dienone is 1. The maximum atomic E-state index is 6.10. The van der Waals surface area contributed by atoms with Crippen LogP contribution in [-0.4, -0.2) is 6.54 Å². The fourth-order valence-electron chi connectivity index (χ4n) is 2.59. The van der Waals surface area contributed by atoms with Crippen molar-refractivity contribution in [3.63, 3.8) is 0 Å². The summed E-state index contributed by atoms with van der Waals surface area (Å²) in [6.45, 7) is 2.89. The molecular weight excluding hydrogens is 242 g/mol. The summed E-state index contributed by atoms with van der Waals surface area (Å²) in [5.74, 6) is 0. The third-order valence-electron chi connectivity index (χ3n) is 4.07. The molecule has 0 heterocycles. The number of nitrogens with two attached hydrogens (primary N) is 1. The molecule has 1 atom stereocenters. The van der Waals surface area contributed by atoms with Crippen LogP contribution in [-0.2, 0) is 5.41 Å². The van der Waals surface area contributed by atoms with Crippen LogP contribution in [0.3, 0.4) is 0 Å². The molecule has 2 aromatic carbocycles. The summed E-state index contributed by atoms with van der Waals surface area (Å²) in [5, 5.41) is 0. The Hall–Kier alpha value is -1.86. The Balaban J connectivity index is 2.16. The number of hydrogen-bond donors (Lipinski definition) is 1. The van der Waals surface area contributed by atoms with E-state index in [4.69, 9.17) is 5.73 Å². The predicted molar refractivity (Wildman–Crippen MR) is 87.6 cm³/mol. The van der Waals surface area contributed by atoms with Crippen molar-refractivity contribution in [2.24, 2.45) is 5.73 Å². The van der Waals surface area contributed by atoms with Crippen molar-refractivity contribution in [1.82, 2.24) is 0 Å². The molecule has 1 nitrogen and oxygen atoms in total. The Morgan fingerprint density at radius 2 is 1.55 bits per heavy atom. The van der Waals surface area contributed by atoms with Crippen molar-refractivity contribution in [3.05, 3.63) is 77.9 Å². The zero-order valence-electron chi connectivity index (χ0n) is 12.1. The Morgan fingerprint density at radius 3 is 2.10 bits per heavy atom. The van der Waals surface area contributed by atoms with Gasteiger partial charge >= 0.3 is 0 Å². The van der Waals surface area contributed by atoms with Crippen LogP contribution < -0.4 is 5.73 Å². The van der Waals surface area contributed by atoms with Crippen LogP contribution in [0.1, 0.15) is 30.9 Å². The lowest BCUT2D eigenvalue weighted by Gasteiger charge is -2.31. The summed E-state index contributed by atoms with van der Waals surface area (Å²) >= 11 is 0. The average molecular weight is 265 g/mol. The highest BCUT2D eigenvalue weighted by molar-refractivity contribution is 5.49. The van der Waals surface area contributed by atoms with Gasteiger partial charge in [-0.15, -0.1) is 0 Å². The van der Waals surface area contributed by atoms with Crippen LogP contribution in [0.4, 0.5) is 0 Å². The van der Waals surface area contributed by atoms with E-state index < -0.39 is 0 Å². The highest BCUT2D eigenvalue weighted by Crippen LogP contribution is 2.31. The lowest BCUT2D eigenvalue weighted by molar-refractivity contribution is 0.427. The van der Waals surface area contributed by atoms with Gasteiger partial charge in [0.15, 0.2) is 0 Å². The van der Waals surface area contributed by atoms with E-state index in [1.54, 1.807) is 0 Å². The van der Waals surface area contributed by atoms with Gasteiger partial charge in [0.05, 0.1) is 0 Å². The van der Waals surface area contributed by atoms with Gasteiger partial charge in [0.2, 0.25) is 0 Å². The van der Waals surface area contributed by atoms with E-state index >= 15 is 0 Å². The van der Waals surface area contributed by atoms with Crippen LogP contribution in [0, 0.1) is 0 Å². The molecule has 2 N–H and O–H groups in total. The van der Waals surface area contributed by atoms with E-state index in [1.807, 2.05) is 6.07 Å². The molecule has 1 unspecified atom stereocenters. The standard InChI is InChI=1S/C19H23N/c1-2-19(16-20,18-13-7-4-8-14-18)15-9-12-17-10-5-3-6-11-17/h3-14H,2,15-16,20H2,1H3/b12-9-. The van der Waals surface area contributed by atoms with Crippen LogP contribution in [0.15, 0.2) is 66.7 Å². The molecule has 2 rings (SSSR count). The van der Waals surface area contributed by atoms with Crippen molar-refractivity contribution < 1.29 is 0 Å².